The van der Waals surface area contributed by atoms with Crippen molar-refractivity contribution in [2.75, 3.05) is 5.32 Å². The first-order valence-electron chi connectivity index (χ1n) is 5.84. The van der Waals surface area contributed by atoms with Crippen molar-refractivity contribution in [3.05, 3.63) is 63.6 Å². The SMILES string of the molecule is Cc1ccc(Cl)c(NC(C)c2ccc(Cl)cc2)c1. The third kappa shape index (κ3) is 3.18. The molecule has 1 N–H and O–H groups in total. The highest BCUT2D eigenvalue weighted by Crippen LogP contribution is 2.27. The minimum absolute atomic E-state index is 0.182. The van der Waals surface area contributed by atoms with Crippen LogP contribution >= 0.6 is 23.2 Å². The van der Waals surface area contributed by atoms with E-state index in [0.29, 0.717) is 0 Å². The largest absolute Gasteiger partial charge is 0.377 e. The van der Waals surface area contributed by atoms with Crippen LogP contribution < -0.4 is 5.32 Å². The van der Waals surface area contributed by atoms with Gasteiger partial charge < -0.3 is 5.32 Å². The Morgan fingerprint density at radius 3 is 2.33 bits per heavy atom. The third-order valence-electron chi connectivity index (χ3n) is 2.86. The second-order valence-corrected chi connectivity index (χ2v) is 5.24. The molecule has 2 aromatic rings. The Hall–Kier alpha value is -1.18. The van der Waals surface area contributed by atoms with Gasteiger partial charge in [0.15, 0.2) is 0 Å². The van der Waals surface area contributed by atoms with Crippen molar-refractivity contribution in [3.8, 4) is 0 Å². The van der Waals surface area contributed by atoms with Crippen LogP contribution in [-0.4, -0.2) is 0 Å². The van der Waals surface area contributed by atoms with E-state index in [9.17, 15) is 0 Å². The highest BCUT2D eigenvalue weighted by atomic mass is 35.5. The van der Waals surface area contributed by atoms with Gasteiger partial charge in [-0.05, 0) is 49.2 Å². The lowest BCUT2D eigenvalue weighted by molar-refractivity contribution is 0.884. The molecule has 0 aliphatic heterocycles. The van der Waals surface area contributed by atoms with Crippen LogP contribution in [0.3, 0.4) is 0 Å². The van der Waals surface area contributed by atoms with Gasteiger partial charge in [0.05, 0.1) is 10.7 Å². The van der Waals surface area contributed by atoms with E-state index in [4.69, 9.17) is 23.2 Å². The first kappa shape index (κ1) is 13.3. The number of anilines is 1. The van der Waals surface area contributed by atoms with E-state index in [1.807, 2.05) is 36.4 Å². The summed E-state index contributed by atoms with van der Waals surface area (Å²) < 4.78 is 0. The van der Waals surface area contributed by atoms with Gasteiger partial charge in [-0.3, -0.25) is 0 Å². The quantitative estimate of drug-likeness (QED) is 0.785. The Morgan fingerprint density at radius 1 is 1.00 bits per heavy atom. The van der Waals surface area contributed by atoms with Gasteiger partial charge in [0.25, 0.3) is 0 Å². The van der Waals surface area contributed by atoms with Crippen LogP contribution in [-0.2, 0) is 0 Å². The molecule has 1 nitrogen and oxygen atoms in total. The highest BCUT2D eigenvalue weighted by molar-refractivity contribution is 6.33. The maximum atomic E-state index is 6.17. The van der Waals surface area contributed by atoms with Crippen molar-refractivity contribution >= 4 is 28.9 Å². The number of hydrogen-bond donors (Lipinski definition) is 1. The van der Waals surface area contributed by atoms with E-state index < -0.39 is 0 Å². The second kappa shape index (κ2) is 5.64. The van der Waals surface area contributed by atoms with E-state index in [2.05, 4.69) is 25.2 Å². The predicted octanol–water partition coefficient (Wildman–Crippen LogP) is 5.47. The zero-order valence-corrected chi connectivity index (χ0v) is 11.9. The molecule has 94 valence electrons. The van der Waals surface area contributed by atoms with Crippen molar-refractivity contribution < 1.29 is 0 Å². The maximum Gasteiger partial charge on any atom is 0.0637 e. The summed E-state index contributed by atoms with van der Waals surface area (Å²) in [4.78, 5) is 0. The van der Waals surface area contributed by atoms with Gasteiger partial charge in [-0.25, -0.2) is 0 Å². The number of nitrogens with one attached hydrogen (secondary N) is 1. The molecule has 0 bridgehead atoms. The molecular formula is C15H15Cl2N. The Kier molecular flexibility index (Phi) is 4.15. The lowest BCUT2D eigenvalue weighted by Crippen LogP contribution is -2.06. The summed E-state index contributed by atoms with van der Waals surface area (Å²) in [6.07, 6.45) is 0. The summed E-state index contributed by atoms with van der Waals surface area (Å²) in [5.41, 5.74) is 3.32. The van der Waals surface area contributed by atoms with Crippen LogP contribution in [0.15, 0.2) is 42.5 Å². The molecule has 0 aromatic heterocycles. The van der Waals surface area contributed by atoms with Crippen LogP contribution in [0.4, 0.5) is 5.69 Å². The molecule has 0 aliphatic carbocycles. The second-order valence-electron chi connectivity index (χ2n) is 4.40. The van der Waals surface area contributed by atoms with E-state index in [1.165, 1.54) is 11.1 Å². The zero-order valence-electron chi connectivity index (χ0n) is 10.4. The minimum atomic E-state index is 0.182. The molecule has 0 saturated heterocycles. The topological polar surface area (TPSA) is 12.0 Å². The molecule has 2 aromatic carbocycles. The summed E-state index contributed by atoms with van der Waals surface area (Å²) in [5, 5.41) is 4.90. The van der Waals surface area contributed by atoms with Gasteiger partial charge in [-0.15, -0.1) is 0 Å². The minimum Gasteiger partial charge on any atom is -0.377 e. The summed E-state index contributed by atoms with van der Waals surface area (Å²) >= 11 is 12.1. The molecule has 18 heavy (non-hydrogen) atoms. The van der Waals surface area contributed by atoms with Crippen LogP contribution in [0.25, 0.3) is 0 Å². The molecule has 0 amide bonds. The molecule has 2 rings (SSSR count). The fourth-order valence-electron chi connectivity index (χ4n) is 1.82. The van der Waals surface area contributed by atoms with E-state index in [-0.39, 0.29) is 6.04 Å². The van der Waals surface area contributed by atoms with Crippen molar-refractivity contribution in [2.24, 2.45) is 0 Å². The van der Waals surface area contributed by atoms with Crippen LogP contribution in [0.5, 0.6) is 0 Å². The van der Waals surface area contributed by atoms with Gasteiger partial charge in [-0.2, -0.15) is 0 Å². The number of rotatable bonds is 3. The maximum absolute atomic E-state index is 6.17. The summed E-state index contributed by atoms with van der Waals surface area (Å²) in [6, 6.07) is 14.0. The summed E-state index contributed by atoms with van der Waals surface area (Å²) in [7, 11) is 0. The molecule has 0 saturated carbocycles. The first-order chi connectivity index (χ1) is 8.56. The molecule has 3 heteroatoms. The van der Waals surface area contributed by atoms with Gasteiger partial charge >= 0.3 is 0 Å². The van der Waals surface area contributed by atoms with Crippen molar-refractivity contribution in [1.82, 2.24) is 0 Å². The molecule has 1 unspecified atom stereocenters. The standard InChI is InChI=1S/C15H15Cl2N/c1-10-3-8-14(17)15(9-10)18-11(2)12-4-6-13(16)7-5-12/h3-9,11,18H,1-2H3. The van der Waals surface area contributed by atoms with Crippen LogP contribution in [0.2, 0.25) is 10.0 Å². The van der Waals surface area contributed by atoms with Gasteiger partial charge in [0.1, 0.15) is 0 Å². The Morgan fingerprint density at radius 2 is 1.67 bits per heavy atom. The van der Waals surface area contributed by atoms with Crippen molar-refractivity contribution in [3.63, 3.8) is 0 Å². The normalized spacial score (nSPS) is 12.2. The van der Waals surface area contributed by atoms with E-state index in [1.54, 1.807) is 0 Å². The lowest BCUT2D eigenvalue weighted by atomic mass is 10.1. The number of aryl methyl sites for hydroxylation is 1. The molecule has 0 radical (unpaired) electrons. The van der Waals surface area contributed by atoms with Gasteiger partial charge in [0, 0.05) is 11.1 Å². The van der Waals surface area contributed by atoms with Crippen LogP contribution in [0, 0.1) is 6.92 Å². The Bertz CT molecular complexity index is 535. The van der Waals surface area contributed by atoms with Gasteiger partial charge in [0.2, 0.25) is 0 Å². The number of benzene rings is 2. The smallest absolute Gasteiger partial charge is 0.0637 e. The van der Waals surface area contributed by atoms with Gasteiger partial charge in [-0.1, -0.05) is 41.4 Å². The van der Waals surface area contributed by atoms with Crippen molar-refractivity contribution in [1.29, 1.82) is 0 Å². The average molecular weight is 280 g/mol. The lowest BCUT2D eigenvalue weighted by Gasteiger charge is -2.17. The van der Waals surface area contributed by atoms with E-state index in [0.717, 1.165) is 15.7 Å². The third-order valence-corrected chi connectivity index (χ3v) is 3.45. The monoisotopic (exact) mass is 279 g/mol. The van der Waals surface area contributed by atoms with E-state index >= 15 is 0 Å². The molecule has 1 atom stereocenters. The summed E-state index contributed by atoms with van der Waals surface area (Å²) in [6.45, 7) is 4.15. The molecule has 0 heterocycles. The number of hydrogen-bond acceptors (Lipinski definition) is 1. The average Bonchev–Trinajstić information content (AvgIpc) is 2.34. The number of halogens is 2. The Balaban J connectivity index is 2.18. The zero-order chi connectivity index (χ0) is 13.1. The van der Waals surface area contributed by atoms with Crippen LogP contribution in [0.1, 0.15) is 24.1 Å². The fourth-order valence-corrected chi connectivity index (χ4v) is 2.12. The first-order valence-corrected chi connectivity index (χ1v) is 6.60. The predicted molar refractivity (Wildman–Crippen MR) is 79.7 cm³/mol. The molecule has 0 aliphatic rings. The molecule has 0 fully saturated rings. The molecule has 0 spiro atoms. The highest BCUT2D eigenvalue weighted by Gasteiger charge is 2.07. The van der Waals surface area contributed by atoms with Crippen molar-refractivity contribution in [2.45, 2.75) is 19.9 Å². The fraction of sp³-hybridized carbons (Fsp3) is 0.200. The Labute approximate surface area is 118 Å². The molecular weight excluding hydrogens is 265 g/mol. The summed E-state index contributed by atoms with van der Waals surface area (Å²) in [5.74, 6) is 0.